The maximum atomic E-state index is 3.45. The molecule has 0 unspecified atom stereocenters. The van der Waals surface area contributed by atoms with E-state index in [1.54, 1.807) is 0 Å². The van der Waals surface area contributed by atoms with Gasteiger partial charge < -0.3 is 4.98 Å². The molecule has 1 nitrogen and oxygen atoms in total. The Hall–Kier alpha value is -0.0300. The molecule has 1 N–H and O–H groups in total. The van der Waals surface area contributed by atoms with Crippen molar-refractivity contribution in [2.75, 3.05) is 0 Å². The minimum atomic E-state index is 1.13. The van der Waals surface area contributed by atoms with Crippen molar-refractivity contribution < 1.29 is 0 Å². The van der Waals surface area contributed by atoms with E-state index in [4.69, 9.17) is 0 Å². The summed E-state index contributed by atoms with van der Waals surface area (Å²) < 4.78 is 2.38. The average Bonchev–Trinajstić information content (AvgIpc) is 2.34. The zero-order chi connectivity index (χ0) is 7.84. The van der Waals surface area contributed by atoms with Gasteiger partial charge in [-0.2, -0.15) is 0 Å². The Morgan fingerprint density at radius 2 is 2.18 bits per heavy atom. The molecule has 0 bridgehead atoms. The smallest absolute Gasteiger partial charge is 0.0590 e. The van der Waals surface area contributed by atoms with Crippen LogP contribution in [0.5, 0.6) is 0 Å². The normalized spacial score (nSPS) is 10.7. The first kappa shape index (κ1) is 7.61. The van der Waals surface area contributed by atoms with Gasteiger partial charge in [-0.25, -0.2) is 0 Å². The van der Waals surface area contributed by atoms with Gasteiger partial charge in [-0.3, -0.25) is 0 Å². The zero-order valence-electron chi connectivity index (χ0n) is 5.57. The fourth-order valence-electron chi connectivity index (χ4n) is 1.09. The zero-order valence-corrected chi connectivity index (χ0v) is 9.31. The molecule has 2 aromatic rings. The Bertz CT molecular complexity index is 394. The summed E-state index contributed by atoms with van der Waals surface area (Å²) in [6.07, 6.45) is 1.96. The second kappa shape index (κ2) is 2.79. The molecule has 0 fully saturated rings. The van der Waals surface area contributed by atoms with Crippen LogP contribution in [0.3, 0.4) is 0 Å². The standard InChI is InChI=1S/C8H5BrIN/c9-6-3-5-1-2-11-8(5)7(10)4-6/h1-4,11H. The molecule has 0 aliphatic rings. The van der Waals surface area contributed by atoms with Crippen LogP contribution < -0.4 is 0 Å². The van der Waals surface area contributed by atoms with E-state index in [-0.39, 0.29) is 0 Å². The van der Waals surface area contributed by atoms with E-state index in [1.165, 1.54) is 14.5 Å². The predicted molar refractivity (Wildman–Crippen MR) is 58.7 cm³/mol. The van der Waals surface area contributed by atoms with Crippen LogP contribution in [0.15, 0.2) is 28.9 Å². The lowest BCUT2D eigenvalue weighted by Gasteiger charge is -1.94. The monoisotopic (exact) mass is 321 g/mol. The molecule has 0 saturated carbocycles. The number of nitrogens with one attached hydrogen (secondary N) is 1. The van der Waals surface area contributed by atoms with Crippen molar-refractivity contribution >= 4 is 49.4 Å². The molecule has 0 spiro atoms. The van der Waals surface area contributed by atoms with Crippen LogP contribution in [0.4, 0.5) is 0 Å². The van der Waals surface area contributed by atoms with E-state index in [0.29, 0.717) is 0 Å². The van der Waals surface area contributed by atoms with Crippen molar-refractivity contribution in [1.29, 1.82) is 0 Å². The fourth-order valence-corrected chi connectivity index (χ4v) is 2.80. The van der Waals surface area contributed by atoms with E-state index < -0.39 is 0 Å². The molecule has 3 heteroatoms. The number of hydrogen-bond donors (Lipinski definition) is 1. The van der Waals surface area contributed by atoms with Crippen molar-refractivity contribution in [2.45, 2.75) is 0 Å². The first-order valence-electron chi connectivity index (χ1n) is 3.19. The number of hydrogen-bond acceptors (Lipinski definition) is 0. The molecule has 0 radical (unpaired) electrons. The van der Waals surface area contributed by atoms with Gasteiger partial charge >= 0.3 is 0 Å². The Morgan fingerprint density at radius 1 is 1.36 bits per heavy atom. The maximum Gasteiger partial charge on any atom is 0.0590 e. The number of benzene rings is 1. The van der Waals surface area contributed by atoms with Gasteiger partial charge in [0.2, 0.25) is 0 Å². The maximum absolute atomic E-state index is 3.45. The third kappa shape index (κ3) is 1.31. The van der Waals surface area contributed by atoms with Gasteiger partial charge in [-0.15, -0.1) is 0 Å². The Balaban J connectivity index is 2.91. The van der Waals surface area contributed by atoms with Crippen molar-refractivity contribution in [2.24, 2.45) is 0 Å². The predicted octanol–water partition coefficient (Wildman–Crippen LogP) is 3.54. The first-order chi connectivity index (χ1) is 5.27. The van der Waals surface area contributed by atoms with Crippen LogP contribution >= 0.6 is 38.5 Å². The minimum absolute atomic E-state index is 1.13. The van der Waals surface area contributed by atoms with E-state index in [1.807, 2.05) is 6.20 Å². The third-order valence-electron chi connectivity index (χ3n) is 1.58. The molecule has 0 saturated heterocycles. The van der Waals surface area contributed by atoms with Crippen molar-refractivity contribution in [3.8, 4) is 0 Å². The lowest BCUT2D eigenvalue weighted by molar-refractivity contribution is 1.46. The Kier molecular flexibility index (Phi) is 1.93. The van der Waals surface area contributed by atoms with Gasteiger partial charge in [0, 0.05) is 19.6 Å². The summed E-state index contributed by atoms with van der Waals surface area (Å²) >= 11 is 5.77. The van der Waals surface area contributed by atoms with Crippen LogP contribution in [0, 0.1) is 3.57 Å². The minimum Gasteiger partial charge on any atom is -0.360 e. The van der Waals surface area contributed by atoms with E-state index in [2.05, 4.69) is 61.7 Å². The van der Waals surface area contributed by atoms with Gasteiger partial charge in [0.25, 0.3) is 0 Å². The first-order valence-corrected chi connectivity index (χ1v) is 5.07. The number of rotatable bonds is 0. The van der Waals surface area contributed by atoms with E-state index >= 15 is 0 Å². The molecule has 0 atom stereocenters. The summed E-state index contributed by atoms with van der Waals surface area (Å²) in [6.45, 7) is 0. The molecule has 0 amide bonds. The molecule has 1 aromatic carbocycles. The molecule has 0 aliphatic heterocycles. The molecular weight excluding hydrogens is 317 g/mol. The Labute approximate surface area is 86.5 Å². The Morgan fingerprint density at radius 3 is 3.00 bits per heavy atom. The lowest BCUT2D eigenvalue weighted by Crippen LogP contribution is -1.74. The van der Waals surface area contributed by atoms with Crippen molar-refractivity contribution in [1.82, 2.24) is 4.98 Å². The number of H-pyrrole nitrogens is 1. The van der Waals surface area contributed by atoms with Gasteiger partial charge in [0.1, 0.15) is 0 Å². The number of aromatic amines is 1. The van der Waals surface area contributed by atoms with E-state index in [0.717, 1.165) is 4.47 Å². The van der Waals surface area contributed by atoms with Gasteiger partial charge in [0.15, 0.2) is 0 Å². The topological polar surface area (TPSA) is 15.8 Å². The number of fused-ring (bicyclic) bond motifs is 1. The van der Waals surface area contributed by atoms with Crippen LogP contribution in [-0.2, 0) is 0 Å². The summed E-state index contributed by atoms with van der Waals surface area (Å²) in [5.74, 6) is 0. The van der Waals surface area contributed by atoms with Crippen LogP contribution in [0.25, 0.3) is 10.9 Å². The molecule has 2 rings (SSSR count). The van der Waals surface area contributed by atoms with Crippen LogP contribution in [0.1, 0.15) is 0 Å². The average molecular weight is 322 g/mol. The lowest BCUT2D eigenvalue weighted by atomic mass is 10.3. The second-order valence-corrected chi connectivity index (χ2v) is 4.41. The van der Waals surface area contributed by atoms with E-state index in [9.17, 15) is 0 Å². The number of halogens is 2. The molecule has 1 aromatic heterocycles. The number of aromatic nitrogens is 1. The molecule has 56 valence electrons. The van der Waals surface area contributed by atoms with Gasteiger partial charge in [-0.05, 0) is 40.8 Å². The summed E-state index contributed by atoms with van der Waals surface area (Å²) in [5, 5.41) is 1.25. The largest absolute Gasteiger partial charge is 0.360 e. The molecule has 11 heavy (non-hydrogen) atoms. The fraction of sp³-hybridized carbons (Fsp3) is 0. The van der Waals surface area contributed by atoms with Gasteiger partial charge in [-0.1, -0.05) is 15.9 Å². The molecular formula is C8H5BrIN. The summed E-state index contributed by atoms with van der Waals surface area (Å²) in [4.78, 5) is 3.19. The highest BCUT2D eigenvalue weighted by Gasteiger charge is 1.99. The highest BCUT2D eigenvalue weighted by molar-refractivity contribution is 14.1. The highest BCUT2D eigenvalue weighted by Crippen LogP contribution is 2.24. The summed E-state index contributed by atoms with van der Waals surface area (Å²) in [5.41, 5.74) is 1.22. The van der Waals surface area contributed by atoms with Crippen LogP contribution in [-0.4, -0.2) is 4.98 Å². The van der Waals surface area contributed by atoms with Crippen LogP contribution in [0.2, 0.25) is 0 Å². The van der Waals surface area contributed by atoms with Gasteiger partial charge in [0.05, 0.1) is 5.52 Å². The van der Waals surface area contributed by atoms with Crippen molar-refractivity contribution in [3.63, 3.8) is 0 Å². The quantitative estimate of drug-likeness (QED) is 0.714. The highest BCUT2D eigenvalue weighted by atomic mass is 127. The third-order valence-corrected chi connectivity index (χ3v) is 2.88. The molecule has 1 heterocycles. The summed E-state index contributed by atoms with van der Waals surface area (Å²) in [7, 11) is 0. The SMILES string of the molecule is Brc1cc(I)c2[nH]ccc2c1. The summed E-state index contributed by atoms with van der Waals surface area (Å²) in [6, 6.07) is 6.27. The van der Waals surface area contributed by atoms with Crippen molar-refractivity contribution in [3.05, 3.63) is 32.4 Å². The second-order valence-electron chi connectivity index (χ2n) is 2.33. The molecule has 0 aliphatic carbocycles.